The molecule has 2 aromatic carbocycles. The third kappa shape index (κ3) is 4.31. The molecule has 1 N–H and O–H groups in total. The molecular formula is C19H20ClFN2O3S. The van der Waals surface area contributed by atoms with Crippen molar-refractivity contribution in [3.05, 3.63) is 58.4 Å². The normalized spacial score (nSPS) is 15.5. The van der Waals surface area contributed by atoms with E-state index in [2.05, 4.69) is 5.32 Å². The number of halogens is 2. The second kappa shape index (κ2) is 7.96. The lowest BCUT2D eigenvalue weighted by molar-refractivity contribution is 0.102. The van der Waals surface area contributed by atoms with Crippen molar-refractivity contribution in [2.24, 2.45) is 0 Å². The summed E-state index contributed by atoms with van der Waals surface area (Å²) >= 11 is 6.11. The van der Waals surface area contributed by atoms with Gasteiger partial charge in [0.05, 0.1) is 10.7 Å². The molecule has 5 nitrogen and oxygen atoms in total. The van der Waals surface area contributed by atoms with E-state index in [-0.39, 0.29) is 21.2 Å². The molecule has 1 aliphatic heterocycles. The largest absolute Gasteiger partial charge is 0.319 e. The zero-order valence-corrected chi connectivity index (χ0v) is 16.4. The molecular weight excluding hydrogens is 391 g/mol. The van der Waals surface area contributed by atoms with Crippen molar-refractivity contribution in [3.8, 4) is 0 Å². The second-order valence-electron chi connectivity index (χ2n) is 6.55. The molecule has 1 fully saturated rings. The molecule has 0 spiro atoms. The average molecular weight is 411 g/mol. The van der Waals surface area contributed by atoms with E-state index in [9.17, 15) is 17.6 Å². The van der Waals surface area contributed by atoms with E-state index >= 15 is 0 Å². The van der Waals surface area contributed by atoms with Gasteiger partial charge in [0.15, 0.2) is 0 Å². The van der Waals surface area contributed by atoms with Gasteiger partial charge in [0, 0.05) is 18.7 Å². The van der Waals surface area contributed by atoms with Gasteiger partial charge in [0.2, 0.25) is 10.0 Å². The van der Waals surface area contributed by atoms with E-state index in [0.29, 0.717) is 13.1 Å². The van der Waals surface area contributed by atoms with Gasteiger partial charge in [0.1, 0.15) is 10.7 Å². The first-order chi connectivity index (χ1) is 12.8. The Kier molecular flexibility index (Phi) is 5.83. The molecule has 2 aromatic rings. The molecule has 0 saturated carbocycles. The molecule has 1 heterocycles. The smallest absolute Gasteiger partial charge is 0.255 e. The highest BCUT2D eigenvalue weighted by Crippen LogP contribution is 2.28. The number of piperidine rings is 1. The second-order valence-corrected chi connectivity index (χ2v) is 8.86. The molecule has 27 heavy (non-hydrogen) atoms. The molecule has 1 amide bonds. The van der Waals surface area contributed by atoms with Crippen LogP contribution in [0.4, 0.5) is 10.1 Å². The van der Waals surface area contributed by atoms with Gasteiger partial charge >= 0.3 is 0 Å². The maximum Gasteiger partial charge on any atom is 0.255 e. The van der Waals surface area contributed by atoms with Crippen molar-refractivity contribution in [2.75, 3.05) is 18.4 Å². The Labute approximate surface area is 163 Å². The summed E-state index contributed by atoms with van der Waals surface area (Å²) in [6, 6.07) is 8.40. The first kappa shape index (κ1) is 19.8. The minimum absolute atomic E-state index is 0.0374. The number of carbonyl (C=O) groups is 1. The molecule has 3 rings (SSSR count). The van der Waals surface area contributed by atoms with Crippen LogP contribution in [0.2, 0.25) is 5.02 Å². The molecule has 0 unspecified atom stereocenters. The maximum absolute atomic E-state index is 13.9. The standard InChI is InChI=1S/C19H20ClFN2O3S/c1-13-5-8-16(21)17(11-13)22-19(24)14-6-7-15(20)18(12-14)27(25,26)23-9-3-2-4-10-23/h5-8,11-12H,2-4,9-10H2,1H3,(H,22,24). The number of carbonyl (C=O) groups excluding carboxylic acids is 1. The number of sulfonamides is 1. The van der Waals surface area contributed by atoms with Crippen molar-refractivity contribution in [1.82, 2.24) is 4.31 Å². The summed E-state index contributed by atoms with van der Waals surface area (Å²) in [5.74, 6) is -1.17. The minimum Gasteiger partial charge on any atom is -0.319 e. The summed E-state index contributed by atoms with van der Waals surface area (Å²) in [6.45, 7) is 2.65. The van der Waals surface area contributed by atoms with Gasteiger partial charge in [-0.3, -0.25) is 4.79 Å². The fourth-order valence-corrected chi connectivity index (χ4v) is 5.03. The molecule has 144 valence electrons. The van der Waals surface area contributed by atoms with Gasteiger partial charge in [-0.2, -0.15) is 4.31 Å². The number of aryl methyl sites for hydroxylation is 1. The average Bonchev–Trinajstić information content (AvgIpc) is 2.65. The van der Waals surface area contributed by atoms with Crippen LogP contribution in [0.5, 0.6) is 0 Å². The number of amides is 1. The van der Waals surface area contributed by atoms with Crippen molar-refractivity contribution < 1.29 is 17.6 Å². The molecule has 0 aromatic heterocycles. The number of benzene rings is 2. The van der Waals surface area contributed by atoms with Crippen molar-refractivity contribution in [3.63, 3.8) is 0 Å². The van der Waals surface area contributed by atoms with Crippen molar-refractivity contribution in [2.45, 2.75) is 31.1 Å². The van der Waals surface area contributed by atoms with E-state index in [4.69, 9.17) is 11.6 Å². The monoisotopic (exact) mass is 410 g/mol. The predicted octanol–water partition coefficient (Wildman–Crippen LogP) is 4.21. The molecule has 0 bridgehead atoms. The molecule has 1 aliphatic rings. The van der Waals surface area contributed by atoms with E-state index in [0.717, 1.165) is 24.8 Å². The van der Waals surface area contributed by atoms with E-state index < -0.39 is 21.7 Å². The number of hydrogen-bond acceptors (Lipinski definition) is 3. The quantitative estimate of drug-likeness (QED) is 0.820. The Morgan fingerprint density at radius 1 is 1.11 bits per heavy atom. The van der Waals surface area contributed by atoms with Crippen LogP contribution in [0.25, 0.3) is 0 Å². The van der Waals surface area contributed by atoms with E-state index in [1.165, 1.54) is 34.6 Å². The maximum atomic E-state index is 13.9. The van der Waals surface area contributed by atoms with Crippen LogP contribution < -0.4 is 5.32 Å². The van der Waals surface area contributed by atoms with Crippen LogP contribution in [-0.2, 0) is 10.0 Å². The predicted molar refractivity (Wildman–Crippen MR) is 103 cm³/mol. The number of nitrogens with one attached hydrogen (secondary N) is 1. The lowest BCUT2D eigenvalue weighted by Crippen LogP contribution is -2.35. The summed E-state index contributed by atoms with van der Waals surface area (Å²) in [5.41, 5.74) is 0.919. The Morgan fingerprint density at radius 2 is 1.81 bits per heavy atom. The number of anilines is 1. The number of rotatable bonds is 4. The first-order valence-electron chi connectivity index (χ1n) is 8.66. The lowest BCUT2D eigenvalue weighted by Gasteiger charge is -2.26. The summed E-state index contributed by atoms with van der Waals surface area (Å²) in [7, 11) is -3.79. The minimum atomic E-state index is -3.79. The Hall–Kier alpha value is -1.96. The third-order valence-corrected chi connectivity index (χ3v) is 6.88. The van der Waals surface area contributed by atoms with E-state index in [1.807, 2.05) is 0 Å². The molecule has 0 radical (unpaired) electrons. The molecule has 0 atom stereocenters. The highest BCUT2D eigenvalue weighted by Gasteiger charge is 2.28. The highest BCUT2D eigenvalue weighted by molar-refractivity contribution is 7.89. The van der Waals surface area contributed by atoms with Crippen molar-refractivity contribution in [1.29, 1.82) is 0 Å². The van der Waals surface area contributed by atoms with Crippen LogP contribution in [0, 0.1) is 12.7 Å². The lowest BCUT2D eigenvalue weighted by atomic mass is 10.2. The SMILES string of the molecule is Cc1ccc(F)c(NC(=O)c2ccc(Cl)c(S(=O)(=O)N3CCCCC3)c2)c1. The summed E-state index contributed by atoms with van der Waals surface area (Å²) < 4.78 is 41.1. The van der Waals surface area contributed by atoms with Gasteiger partial charge in [-0.25, -0.2) is 12.8 Å². The zero-order valence-electron chi connectivity index (χ0n) is 14.8. The Morgan fingerprint density at radius 3 is 2.52 bits per heavy atom. The van der Waals surface area contributed by atoms with Gasteiger partial charge in [-0.1, -0.05) is 24.1 Å². The first-order valence-corrected chi connectivity index (χ1v) is 10.5. The van der Waals surface area contributed by atoms with Gasteiger partial charge < -0.3 is 5.32 Å². The topological polar surface area (TPSA) is 66.5 Å². The van der Waals surface area contributed by atoms with Crippen LogP contribution in [0.1, 0.15) is 35.2 Å². The van der Waals surface area contributed by atoms with Crippen LogP contribution in [0.3, 0.4) is 0 Å². The van der Waals surface area contributed by atoms with Gasteiger partial charge in [-0.15, -0.1) is 0 Å². The fourth-order valence-electron chi connectivity index (χ4n) is 3.02. The van der Waals surface area contributed by atoms with Gasteiger partial charge in [0.25, 0.3) is 5.91 Å². The number of nitrogens with zero attached hydrogens (tertiary/aromatic N) is 1. The Bertz CT molecular complexity index is 973. The summed E-state index contributed by atoms with van der Waals surface area (Å²) in [5, 5.41) is 2.53. The fraction of sp³-hybridized carbons (Fsp3) is 0.316. The van der Waals surface area contributed by atoms with E-state index in [1.54, 1.807) is 13.0 Å². The Balaban J connectivity index is 1.90. The third-order valence-electron chi connectivity index (χ3n) is 4.50. The van der Waals surface area contributed by atoms with Gasteiger partial charge in [-0.05, 0) is 55.7 Å². The van der Waals surface area contributed by atoms with Crippen LogP contribution >= 0.6 is 11.6 Å². The number of hydrogen-bond donors (Lipinski definition) is 1. The molecule has 8 heteroatoms. The highest BCUT2D eigenvalue weighted by atomic mass is 35.5. The summed E-state index contributed by atoms with van der Waals surface area (Å²) in [6.07, 6.45) is 2.58. The summed E-state index contributed by atoms with van der Waals surface area (Å²) in [4.78, 5) is 12.4. The molecule has 0 aliphatic carbocycles. The van der Waals surface area contributed by atoms with Crippen LogP contribution in [-0.4, -0.2) is 31.7 Å². The van der Waals surface area contributed by atoms with Crippen LogP contribution in [0.15, 0.2) is 41.3 Å². The molecule has 1 saturated heterocycles. The zero-order chi connectivity index (χ0) is 19.6. The van der Waals surface area contributed by atoms with Crippen molar-refractivity contribution >= 4 is 33.2 Å².